The minimum absolute atomic E-state index is 0.0781. The average molecular weight is 265 g/mol. The maximum atomic E-state index is 13.9. The van der Waals surface area contributed by atoms with E-state index in [-0.39, 0.29) is 11.7 Å². The predicted molar refractivity (Wildman–Crippen MR) is 72.5 cm³/mol. The van der Waals surface area contributed by atoms with Crippen molar-refractivity contribution in [1.82, 2.24) is 4.90 Å². The van der Waals surface area contributed by atoms with Gasteiger partial charge in [0, 0.05) is 24.2 Å². The SMILES string of the molecule is CC1CC1CN(C)Cc1ccc(C(N)=NO)cc1F. The van der Waals surface area contributed by atoms with Crippen molar-refractivity contribution in [2.75, 3.05) is 13.6 Å². The molecule has 19 heavy (non-hydrogen) atoms. The molecule has 0 saturated heterocycles. The van der Waals surface area contributed by atoms with Gasteiger partial charge in [0.15, 0.2) is 5.84 Å². The first kappa shape index (κ1) is 13.8. The van der Waals surface area contributed by atoms with Gasteiger partial charge >= 0.3 is 0 Å². The van der Waals surface area contributed by atoms with Crippen LogP contribution in [0.25, 0.3) is 0 Å². The Hall–Kier alpha value is -1.62. The van der Waals surface area contributed by atoms with E-state index in [1.54, 1.807) is 12.1 Å². The van der Waals surface area contributed by atoms with Crippen LogP contribution in [0.15, 0.2) is 23.4 Å². The van der Waals surface area contributed by atoms with E-state index in [0.717, 1.165) is 18.4 Å². The van der Waals surface area contributed by atoms with E-state index in [2.05, 4.69) is 17.0 Å². The van der Waals surface area contributed by atoms with Crippen LogP contribution in [0.2, 0.25) is 0 Å². The van der Waals surface area contributed by atoms with E-state index in [4.69, 9.17) is 10.9 Å². The van der Waals surface area contributed by atoms with E-state index in [1.807, 2.05) is 7.05 Å². The second kappa shape index (κ2) is 5.57. The van der Waals surface area contributed by atoms with Gasteiger partial charge in [-0.15, -0.1) is 0 Å². The van der Waals surface area contributed by atoms with Crippen LogP contribution < -0.4 is 5.73 Å². The highest BCUT2D eigenvalue weighted by Gasteiger charge is 2.33. The number of amidine groups is 1. The number of nitrogens with zero attached hydrogens (tertiary/aromatic N) is 2. The molecule has 3 N–H and O–H groups in total. The smallest absolute Gasteiger partial charge is 0.170 e. The number of hydrogen-bond acceptors (Lipinski definition) is 3. The summed E-state index contributed by atoms with van der Waals surface area (Å²) in [4.78, 5) is 2.13. The molecule has 0 radical (unpaired) electrons. The Morgan fingerprint density at radius 2 is 2.26 bits per heavy atom. The number of nitrogens with two attached hydrogens (primary N) is 1. The van der Waals surface area contributed by atoms with Crippen molar-refractivity contribution >= 4 is 5.84 Å². The molecule has 1 aliphatic carbocycles. The Bertz CT molecular complexity index is 490. The lowest BCUT2D eigenvalue weighted by Gasteiger charge is -2.17. The minimum Gasteiger partial charge on any atom is -0.409 e. The van der Waals surface area contributed by atoms with Gasteiger partial charge < -0.3 is 15.8 Å². The van der Waals surface area contributed by atoms with Gasteiger partial charge in [-0.05, 0) is 31.4 Å². The van der Waals surface area contributed by atoms with E-state index in [1.165, 1.54) is 12.5 Å². The van der Waals surface area contributed by atoms with Crippen molar-refractivity contribution in [2.45, 2.75) is 19.9 Å². The quantitative estimate of drug-likeness (QED) is 0.370. The maximum absolute atomic E-state index is 13.9. The molecule has 1 aliphatic rings. The number of oxime groups is 1. The molecule has 1 fully saturated rings. The van der Waals surface area contributed by atoms with Crippen molar-refractivity contribution in [3.63, 3.8) is 0 Å². The van der Waals surface area contributed by atoms with Crippen LogP contribution in [-0.4, -0.2) is 29.5 Å². The summed E-state index contributed by atoms with van der Waals surface area (Å²) in [6.07, 6.45) is 1.27. The molecule has 1 aromatic carbocycles. The molecule has 2 unspecified atom stereocenters. The topological polar surface area (TPSA) is 61.8 Å². The molecule has 0 bridgehead atoms. The van der Waals surface area contributed by atoms with Gasteiger partial charge in [-0.1, -0.05) is 24.2 Å². The zero-order valence-corrected chi connectivity index (χ0v) is 11.3. The van der Waals surface area contributed by atoms with Gasteiger partial charge in [-0.25, -0.2) is 4.39 Å². The van der Waals surface area contributed by atoms with E-state index in [9.17, 15) is 4.39 Å². The Balaban J connectivity index is 2.00. The second-order valence-electron chi connectivity index (χ2n) is 5.46. The molecule has 0 aliphatic heterocycles. The van der Waals surface area contributed by atoms with Crippen molar-refractivity contribution in [3.8, 4) is 0 Å². The molecule has 0 aromatic heterocycles. The first-order chi connectivity index (χ1) is 9.01. The lowest BCUT2D eigenvalue weighted by molar-refractivity contribution is 0.303. The molecular weight excluding hydrogens is 245 g/mol. The number of benzene rings is 1. The fourth-order valence-electron chi connectivity index (χ4n) is 2.30. The van der Waals surface area contributed by atoms with Crippen LogP contribution in [-0.2, 0) is 6.54 Å². The summed E-state index contributed by atoms with van der Waals surface area (Å²) in [6.45, 7) is 3.82. The third-order valence-corrected chi connectivity index (χ3v) is 3.72. The lowest BCUT2D eigenvalue weighted by Crippen LogP contribution is -2.22. The third kappa shape index (κ3) is 3.44. The summed E-state index contributed by atoms with van der Waals surface area (Å²) in [5, 5.41) is 11.4. The number of hydrogen-bond donors (Lipinski definition) is 2. The van der Waals surface area contributed by atoms with Crippen LogP contribution in [0, 0.1) is 17.7 Å². The molecular formula is C14H20FN3O. The van der Waals surface area contributed by atoms with Crippen molar-refractivity contribution < 1.29 is 9.60 Å². The predicted octanol–water partition coefficient (Wildman–Crippen LogP) is 2.01. The maximum Gasteiger partial charge on any atom is 0.170 e. The van der Waals surface area contributed by atoms with Gasteiger partial charge in [-0.3, -0.25) is 0 Å². The fourth-order valence-corrected chi connectivity index (χ4v) is 2.30. The molecule has 104 valence electrons. The second-order valence-corrected chi connectivity index (χ2v) is 5.46. The first-order valence-electron chi connectivity index (χ1n) is 6.46. The van der Waals surface area contributed by atoms with Gasteiger partial charge in [-0.2, -0.15) is 0 Å². The molecule has 0 spiro atoms. The largest absolute Gasteiger partial charge is 0.409 e. The van der Waals surface area contributed by atoms with Gasteiger partial charge in [0.1, 0.15) is 5.82 Å². The highest BCUT2D eigenvalue weighted by atomic mass is 19.1. The summed E-state index contributed by atoms with van der Waals surface area (Å²) in [6, 6.07) is 4.66. The molecule has 4 nitrogen and oxygen atoms in total. The van der Waals surface area contributed by atoms with Crippen molar-refractivity contribution in [2.24, 2.45) is 22.7 Å². The summed E-state index contributed by atoms with van der Waals surface area (Å²) < 4.78 is 13.9. The van der Waals surface area contributed by atoms with E-state index in [0.29, 0.717) is 17.7 Å². The van der Waals surface area contributed by atoms with Crippen molar-refractivity contribution in [1.29, 1.82) is 0 Å². The standard InChI is InChI=1S/C14H20FN3O/c1-9-5-12(9)8-18(2)7-11-4-3-10(6-13(11)15)14(16)17-19/h3-4,6,9,12,19H,5,7-8H2,1-2H3,(H2,16,17). The number of halogens is 1. The molecule has 2 rings (SSSR count). The van der Waals surface area contributed by atoms with Crippen LogP contribution in [0.5, 0.6) is 0 Å². The van der Waals surface area contributed by atoms with Gasteiger partial charge in [0.2, 0.25) is 0 Å². The van der Waals surface area contributed by atoms with Gasteiger partial charge in [0.05, 0.1) is 0 Å². The zero-order valence-electron chi connectivity index (χ0n) is 11.3. The van der Waals surface area contributed by atoms with Crippen LogP contribution >= 0.6 is 0 Å². The number of rotatable bonds is 5. The Morgan fingerprint density at radius 3 is 2.79 bits per heavy atom. The van der Waals surface area contributed by atoms with E-state index < -0.39 is 0 Å². The summed E-state index contributed by atoms with van der Waals surface area (Å²) >= 11 is 0. The molecule has 0 amide bonds. The van der Waals surface area contributed by atoms with E-state index >= 15 is 0 Å². The van der Waals surface area contributed by atoms with Crippen LogP contribution in [0.3, 0.4) is 0 Å². The Kier molecular flexibility index (Phi) is 4.04. The third-order valence-electron chi connectivity index (χ3n) is 3.72. The molecule has 0 heterocycles. The molecule has 2 atom stereocenters. The average Bonchev–Trinajstić information content (AvgIpc) is 3.06. The van der Waals surface area contributed by atoms with Crippen molar-refractivity contribution in [3.05, 3.63) is 35.1 Å². The molecule has 1 aromatic rings. The normalized spacial score (nSPS) is 22.8. The molecule has 1 saturated carbocycles. The first-order valence-corrected chi connectivity index (χ1v) is 6.46. The molecule has 5 heteroatoms. The minimum atomic E-state index is -0.320. The summed E-state index contributed by atoms with van der Waals surface area (Å²) in [5.74, 6) is 1.16. The van der Waals surface area contributed by atoms with Crippen LogP contribution in [0.4, 0.5) is 4.39 Å². The fraction of sp³-hybridized carbons (Fsp3) is 0.500. The monoisotopic (exact) mass is 265 g/mol. The highest BCUT2D eigenvalue weighted by Crippen LogP contribution is 2.38. The summed E-state index contributed by atoms with van der Waals surface area (Å²) in [7, 11) is 2.00. The highest BCUT2D eigenvalue weighted by molar-refractivity contribution is 5.97. The van der Waals surface area contributed by atoms with Gasteiger partial charge in [0.25, 0.3) is 0 Å². The Morgan fingerprint density at radius 1 is 1.58 bits per heavy atom. The lowest BCUT2D eigenvalue weighted by atomic mass is 10.1. The summed E-state index contributed by atoms with van der Waals surface area (Å²) in [5.41, 5.74) is 6.45. The zero-order chi connectivity index (χ0) is 14.0. The van der Waals surface area contributed by atoms with Crippen LogP contribution in [0.1, 0.15) is 24.5 Å². The Labute approximate surface area is 112 Å².